The average Bonchev–Trinajstić information content (AvgIpc) is 2.01. The smallest absolute Gasteiger partial charge is 0.283 e. The number of anilines is 1. The van der Waals surface area contributed by atoms with E-state index >= 15 is 0 Å². The topological polar surface area (TPSA) is 81.2 Å². The van der Waals surface area contributed by atoms with E-state index < -0.39 is 4.92 Å². The second-order valence-corrected chi connectivity index (χ2v) is 3.71. The summed E-state index contributed by atoms with van der Waals surface area (Å²) >= 11 is 7.69. The summed E-state index contributed by atoms with van der Waals surface area (Å²) in [5.41, 5.74) is 5.85. The molecule has 0 heterocycles. The number of benzene rings is 1. The van der Waals surface area contributed by atoms with Crippen molar-refractivity contribution in [3.63, 3.8) is 0 Å². The van der Waals surface area contributed by atoms with Gasteiger partial charge in [0, 0.05) is 11.8 Å². The van der Waals surface area contributed by atoms with E-state index in [0.717, 1.165) is 0 Å². The number of nitrogens with zero attached hydrogens (tertiary/aromatic N) is 1. The monoisotopic (exact) mass is 275 g/mol. The van der Waals surface area contributed by atoms with Crippen molar-refractivity contribution in [1.29, 1.82) is 0 Å². The fourth-order valence-corrected chi connectivity index (χ4v) is 1.52. The van der Waals surface area contributed by atoms with Gasteiger partial charge in [-0.2, -0.15) is 0 Å². The molecule has 0 unspecified atom stereocenters. The Morgan fingerprint density at radius 1 is 1.64 bits per heavy atom. The first kappa shape index (κ1) is 10.9. The third kappa shape index (κ3) is 2.64. The zero-order valence-electron chi connectivity index (χ0n) is 6.86. The fourth-order valence-electron chi connectivity index (χ4n) is 0.875. The van der Waals surface area contributed by atoms with Crippen molar-refractivity contribution >= 4 is 44.6 Å². The minimum atomic E-state index is -0.478. The third-order valence-electron chi connectivity index (χ3n) is 1.41. The van der Waals surface area contributed by atoms with Crippen LogP contribution < -0.4 is 11.1 Å². The largest absolute Gasteiger partial charge is 0.376 e. The maximum Gasteiger partial charge on any atom is 0.283 e. The minimum Gasteiger partial charge on any atom is -0.376 e. The number of nitrogens with two attached hydrogens (primary N) is 1. The molecule has 0 bridgehead atoms. The Labute approximate surface area is 93.6 Å². The lowest BCUT2D eigenvalue weighted by molar-refractivity contribution is -0.385. The van der Waals surface area contributed by atoms with Crippen LogP contribution in [0.1, 0.15) is 0 Å². The van der Waals surface area contributed by atoms with Crippen molar-refractivity contribution in [1.82, 2.24) is 0 Å². The van der Waals surface area contributed by atoms with Gasteiger partial charge in [-0.25, -0.2) is 0 Å². The first-order valence-electron chi connectivity index (χ1n) is 3.51. The number of rotatable bonds is 2. The molecular formula is C7H6BrN3O2S. The average molecular weight is 276 g/mol. The van der Waals surface area contributed by atoms with E-state index in [1.54, 1.807) is 0 Å². The number of nitro benzene ring substituents is 1. The van der Waals surface area contributed by atoms with E-state index in [9.17, 15) is 10.1 Å². The summed E-state index contributed by atoms with van der Waals surface area (Å²) in [6.07, 6.45) is 0. The van der Waals surface area contributed by atoms with Gasteiger partial charge in [0.15, 0.2) is 5.11 Å². The molecule has 0 fully saturated rings. The molecule has 0 aliphatic carbocycles. The van der Waals surface area contributed by atoms with Gasteiger partial charge in [-0.1, -0.05) is 0 Å². The minimum absolute atomic E-state index is 0.00140. The van der Waals surface area contributed by atoms with E-state index in [4.69, 9.17) is 5.73 Å². The standard InChI is InChI=1S/C7H6BrN3O2S/c8-5-3-4(10-7(9)14)1-2-6(5)11(12)13/h1-3H,(H3,9,10,14). The summed E-state index contributed by atoms with van der Waals surface area (Å²) in [6.45, 7) is 0. The number of nitro groups is 1. The molecule has 1 aromatic rings. The van der Waals surface area contributed by atoms with Gasteiger partial charge in [0.2, 0.25) is 0 Å². The van der Waals surface area contributed by atoms with Gasteiger partial charge in [0.25, 0.3) is 5.69 Å². The highest BCUT2D eigenvalue weighted by Gasteiger charge is 2.11. The van der Waals surface area contributed by atoms with Crippen LogP contribution in [0.25, 0.3) is 0 Å². The van der Waals surface area contributed by atoms with E-state index in [1.807, 2.05) is 0 Å². The predicted octanol–water partition coefficient (Wildman–Crippen LogP) is 2.01. The molecule has 0 amide bonds. The van der Waals surface area contributed by atoms with Gasteiger partial charge < -0.3 is 11.1 Å². The molecule has 0 saturated carbocycles. The zero-order valence-corrected chi connectivity index (χ0v) is 9.26. The molecular weight excluding hydrogens is 270 g/mol. The van der Waals surface area contributed by atoms with Crippen LogP contribution >= 0.6 is 28.1 Å². The maximum absolute atomic E-state index is 10.5. The molecule has 0 saturated heterocycles. The molecule has 0 atom stereocenters. The van der Waals surface area contributed by atoms with E-state index in [2.05, 4.69) is 33.5 Å². The molecule has 0 aromatic heterocycles. The zero-order chi connectivity index (χ0) is 10.7. The highest BCUT2D eigenvalue weighted by atomic mass is 79.9. The van der Waals surface area contributed by atoms with Gasteiger partial charge in [-0.15, -0.1) is 0 Å². The molecule has 1 aromatic carbocycles. The number of nitrogens with one attached hydrogen (secondary N) is 1. The van der Waals surface area contributed by atoms with Crippen LogP contribution in [-0.4, -0.2) is 10.0 Å². The summed E-state index contributed by atoms with van der Waals surface area (Å²) in [4.78, 5) is 9.98. The lowest BCUT2D eigenvalue weighted by Crippen LogP contribution is -2.18. The number of hydrogen-bond acceptors (Lipinski definition) is 3. The Morgan fingerprint density at radius 3 is 2.71 bits per heavy atom. The summed E-state index contributed by atoms with van der Waals surface area (Å²) in [5.74, 6) is 0. The van der Waals surface area contributed by atoms with Crippen molar-refractivity contribution in [2.75, 3.05) is 5.32 Å². The van der Waals surface area contributed by atoms with E-state index in [-0.39, 0.29) is 10.8 Å². The van der Waals surface area contributed by atoms with E-state index in [1.165, 1.54) is 18.2 Å². The van der Waals surface area contributed by atoms with Gasteiger partial charge >= 0.3 is 0 Å². The molecule has 0 aliphatic heterocycles. The van der Waals surface area contributed by atoms with Crippen LogP contribution in [0.4, 0.5) is 11.4 Å². The Hall–Kier alpha value is -1.21. The number of halogens is 1. The summed E-state index contributed by atoms with van der Waals surface area (Å²) in [5, 5.41) is 13.2. The maximum atomic E-state index is 10.5. The second kappa shape index (κ2) is 4.34. The first-order valence-corrected chi connectivity index (χ1v) is 4.71. The Kier molecular flexibility index (Phi) is 3.37. The van der Waals surface area contributed by atoms with Crippen molar-refractivity contribution in [3.8, 4) is 0 Å². The quantitative estimate of drug-likeness (QED) is 0.490. The van der Waals surface area contributed by atoms with Crippen LogP contribution in [0.3, 0.4) is 0 Å². The lowest BCUT2D eigenvalue weighted by atomic mass is 10.3. The van der Waals surface area contributed by atoms with Crippen LogP contribution in [0, 0.1) is 10.1 Å². The van der Waals surface area contributed by atoms with Gasteiger partial charge in [0.1, 0.15) is 0 Å². The molecule has 3 N–H and O–H groups in total. The Morgan fingerprint density at radius 2 is 2.29 bits per heavy atom. The van der Waals surface area contributed by atoms with Crippen molar-refractivity contribution in [2.24, 2.45) is 5.73 Å². The Balaban J connectivity index is 3.00. The predicted molar refractivity (Wildman–Crippen MR) is 61.2 cm³/mol. The molecule has 14 heavy (non-hydrogen) atoms. The normalized spacial score (nSPS) is 9.50. The molecule has 0 spiro atoms. The van der Waals surface area contributed by atoms with Crippen molar-refractivity contribution in [3.05, 3.63) is 32.8 Å². The number of hydrogen-bond donors (Lipinski definition) is 2. The second-order valence-electron chi connectivity index (χ2n) is 2.41. The van der Waals surface area contributed by atoms with Crippen LogP contribution in [-0.2, 0) is 0 Å². The summed E-state index contributed by atoms with van der Waals surface area (Å²) in [7, 11) is 0. The van der Waals surface area contributed by atoms with Gasteiger partial charge in [0.05, 0.1) is 9.40 Å². The van der Waals surface area contributed by atoms with Gasteiger partial charge in [-0.05, 0) is 40.3 Å². The highest BCUT2D eigenvalue weighted by Crippen LogP contribution is 2.27. The van der Waals surface area contributed by atoms with Crippen molar-refractivity contribution in [2.45, 2.75) is 0 Å². The van der Waals surface area contributed by atoms with Crippen LogP contribution in [0.15, 0.2) is 22.7 Å². The third-order valence-corrected chi connectivity index (χ3v) is 2.15. The lowest BCUT2D eigenvalue weighted by Gasteiger charge is -2.03. The molecule has 0 aliphatic rings. The fraction of sp³-hybridized carbons (Fsp3) is 0. The van der Waals surface area contributed by atoms with E-state index in [0.29, 0.717) is 10.2 Å². The molecule has 7 heteroatoms. The first-order chi connectivity index (χ1) is 6.50. The highest BCUT2D eigenvalue weighted by molar-refractivity contribution is 9.10. The van der Waals surface area contributed by atoms with Crippen LogP contribution in [0.5, 0.6) is 0 Å². The van der Waals surface area contributed by atoms with Crippen LogP contribution in [0.2, 0.25) is 0 Å². The number of thiocarbonyl (C=S) groups is 1. The molecule has 1 rings (SSSR count). The molecule has 0 radical (unpaired) electrons. The SMILES string of the molecule is NC(=S)Nc1ccc([N+](=O)[O-])c(Br)c1. The molecule has 74 valence electrons. The van der Waals surface area contributed by atoms with Crippen molar-refractivity contribution < 1.29 is 4.92 Å². The van der Waals surface area contributed by atoms with Gasteiger partial charge in [-0.3, -0.25) is 10.1 Å². The molecule has 5 nitrogen and oxygen atoms in total. The summed E-state index contributed by atoms with van der Waals surface area (Å²) < 4.78 is 0.378. The summed E-state index contributed by atoms with van der Waals surface area (Å²) in [6, 6.07) is 4.43. The Bertz CT molecular complexity index is 397.